The summed E-state index contributed by atoms with van der Waals surface area (Å²) in [7, 11) is 0. The molecule has 2 rings (SSSR count). The second-order valence-electron chi connectivity index (χ2n) is 6.82. The van der Waals surface area contributed by atoms with Crippen molar-refractivity contribution >= 4 is 23.3 Å². The van der Waals surface area contributed by atoms with Gasteiger partial charge in [-0.05, 0) is 54.0 Å². The standard InChI is InChI=1S/C20H32N6O2S/c1-7-21-20(22-10-9-11-26-14(4)12-13(3)25-26)24-16(6)18-23-15(5)17(29-18)19(27)28-8-2/h12,16H,7-11H2,1-6H3,(H2,21,22,24). The molecule has 0 aliphatic heterocycles. The first kappa shape index (κ1) is 22.9. The Bertz CT molecular complexity index is 842. The lowest BCUT2D eigenvalue weighted by Gasteiger charge is -2.16. The van der Waals surface area contributed by atoms with Gasteiger partial charge in [-0.25, -0.2) is 9.78 Å². The molecular weight excluding hydrogens is 388 g/mol. The predicted octanol–water partition coefficient (Wildman–Crippen LogP) is 3.15. The van der Waals surface area contributed by atoms with Gasteiger partial charge < -0.3 is 15.4 Å². The second kappa shape index (κ2) is 10.9. The van der Waals surface area contributed by atoms with E-state index in [1.54, 1.807) is 6.92 Å². The number of hydrogen-bond acceptors (Lipinski definition) is 6. The zero-order valence-electron chi connectivity index (χ0n) is 18.2. The SMILES string of the molecule is CCNC(=NCCCn1nc(C)cc1C)NC(C)c1nc(C)c(C(=O)OCC)s1. The van der Waals surface area contributed by atoms with E-state index in [1.807, 2.05) is 32.4 Å². The number of aliphatic imine (C=N–C) groups is 1. The highest BCUT2D eigenvalue weighted by Gasteiger charge is 2.20. The molecule has 0 fully saturated rings. The molecule has 0 radical (unpaired) electrons. The predicted molar refractivity (Wildman–Crippen MR) is 117 cm³/mol. The third kappa shape index (κ3) is 6.56. The highest BCUT2D eigenvalue weighted by Crippen LogP contribution is 2.24. The zero-order chi connectivity index (χ0) is 21.4. The summed E-state index contributed by atoms with van der Waals surface area (Å²) in [5.41, 5.74) is 2.90. The molecule has 0 spiro atoms. The van der Waals surface area contributed by atoms with E-state index in [-0.39, 0.29) is 12.0 Å². The molecule has 0 amide bonds. The third-order valence-electron chi connectivity index (χ3n) is 4.24. The molecule has 2 heterocycles. The number of carbonyl (C=O) groups excluding carboxylic acids is 1. The molecule has 1 unspecified atom stereocenters. The highest BCUT2D eigenvalue weighted by molar-refractivity contribution is 7.13. The Hall–Kier alpha value is -2.42. The van der Waals surface area contributed by atoms with Crippen molar-refractivity contribution in [1.29, 1.82) is 0 Å². The molecule has 0 saturated heterocycles. The number of esters is 1. The van der Waals surface area contributed by atoms with Crippen molar-refractivity contribution in [1.82, 2.24) is 25.4 Å². The van der Waals surface area contributed by atoms with Crippen LogP contribution in [-0.4, -0.2) is 46.4 Å². The molecule has 0 aromatic carbocycles. The molecule has 9 heteroatoms. The Morgan fingerprint density at radius 2 is 2.10 bits per heavy atom. The van der Waals surface area contributed by atoms with Crippen molar-refractivity contribution in [2.45, 2.75) is 60.5 Å². The van der Waals surface area contributed by atoms with E-state index in [0.29, 0.717) is 23.7 Å². The van der Waals surface area contributed by atoms with Gasteiger partial charge in [-0.1, -0.05) is 0 Å². The number of aryl methyl sites for hydroxylation is 4. The quantitative estimate of drug-likeness (QED) is 0.280. The van der Waals surface area contributed by atoms with Crippen LogP contribution in [0.25, 0.3) is 0 Å². The lowest BCUT2D eigenvalue weighted by Crippen LogP contribution is -2.38. The second-order valence-corrected chi connectivity index (χ2v) is 7.85. The summed E-state index contributed by atoms with van der Waals surface area (Å²) in [5, 5.41) is 11.9. The summed E-state index contributed by atoms with van der Waals surface area (Å²) in [4.78, 5) is 21.8. The molecule has 0 bridgehead atoms. The average Bonchev–Trinajstić information content (AvgIpc) is 3.20. The molecule has 8 nitrogen and oxygen atoms in total. The van der Waals surface area contributed by atoms with E-state index < -0.39 is 0 Å². The molecular formula is C20H32N6O2S. The van der Waals surface area contributed by atoms with Gasteiger partial charge in [-0.2, -0.15) is 5.10 Å². The monoisotopic (exact) mass is 420 g/mol. The van der Waals surface area contributed by atoms with Crippen molar-refractivity contribution in [2.24, 2.45) is 4.99 Å². The minimum atomic E-state index is -0.314. The van der Waals surface area contributed by atoms with Crippen molar-refractivity contribution in [2.75, 3.05) is 19.7 Å². The van der Waals surface area contributed by atoms with E-state index in [9.17, 15) is 4.79 Å². The van der Waals surface area contributed by atoms with Gasteiger partial charge in [0.25, 0.3) is 0 Å². The fourth-order valence-electron chi connectivity index (χ4n) is 2.89. The van der Waals surface area contributed by atoms with Crippen LogP contribution in [0.3, 0.4) is 0 Å². The molecule has 0 aliphatic carbocycles. The van der Waals surface area contributed by atoms with Crippen LogP contribution in [0.4, 0.5) is 0 Å². The maximum atomic E-state index is 12.0. The Labute approximate surface area is 176 Å². The molecule has 29 heavy (non-hydrogen) atoms. The van der Waals surface area contributed by atoms with Crippen LogP contribution in [0.1, 0.15) is 65.0 Å². The number of nitrogens with one attached hydrogen (secondary N) is 2. The minimum Gasteiger partial charge on any atom is -0.462 e. The van der Waals surface area contributed by atoms with Crippen LogP contribution in [0.15, 0.2) is 11.1 Å². The Morgan fingerprint density at radius 1 is 1.34 bits per heavy atom. The normalized spacial score (nSPS) is 12.7. The number of carbonyl (C=O) groups is 1. The molecule has 0 saturated carbocycles. The molecule has 2 N–H and O–H groups in total. The third-order valence-corrected chi connectivity index (χ3v) is 5.56. The maximum absolute atomic E-state index is 12.0. The number of nitrogens with zero attached hydrogens (tertiary/aromatic N) is 4. The van der Waals surface area contributed by atoms with Crippen LogP contribution in [-0.2, 0) is 11.3 Å². The van der Waals surface area contributed by atoms with Gasteiger partial charge in [0.2, 0.25) is 0 Å². The number of ether oxygens (including phenoxy) is 1. The van der Waals surface area contributed by atoms with Gasteiger partial charge in [0.15, 0.2) is 5.96 Å². The van der Waals surface area contributed by atoms with Gasteiger partial charge >= 0.3 is 5.97 Å². The van der Waals surface area contributed by atoms with Crippen molar-refractivity contribution in [3.63, 3.8) is 0 Å². The van der Waals surface area contributed by atoms with Gasteiger partial charge in [0.05, 0.1) is 24.0 Å². The van der Waals surface area contributed by atoms with Crippen LogP contribution in [0.5, 0.6) is 0 Å². The zero-order valence-corrected chi connectivity index (χ0v) is 19.0. The minimum absolute atomic E-state index is 0.0734. The van der Waals surface area contributed by atoms with E-state index in [0.717, 1.165) is 36.2 Å². The van der Waals surface area contributed by atoms with E-state index >= 15 is 0 Å². The summed E-state index contributed by atoms with van der Waals surface area (Å²) in [6.07, 6.45) is 0.899. The number of hydrogen-bond donors (Lipinski definition) is 2. The topological polar surface area (TPSA) is 93.4 Å². The van der Waals surface area contributed by atoms with E-state index in [4.69, 9.17) is 4.74 Å². The number of guanidine groups is 1. The van der Waals surface area contributed by atoms with Gasteiger partial charge in [-0.15, -0.1) is 11.3 Å². The van der Waals surface area contributed by atoms with Crippen LogP contribution >= 0.6 is 11.3 Å². The molecule has 160 valence electrons. The van der Waals surface area contributed by atoms with Gasteiger partial charge in [0, 0.05) is 25.3 Å². The molecule has 2 aromatic heterocycles. The maximum Gasteiger partial charge on any atom is 0.350 e. The number of thiazole rings is 1. The Morgan fingerprint density at radius 3 is 2.72 bits per heavy atom. The summed E-state index contributed by atoms with van der Waals surface area (Å²) in [5.74, 6) is 0.421. The summed E-state index contributed by atoms with van der Waals surface area (Å²) in [6, 6.07) is 2.01. The molecule has 2 aromatic rings. The van der Waals surface area contributed by atoms with E-state index in [2.05, 4.69) is 38.7 Å². The first-order chi connectivity index (χ1) is 13.8. The molecule has 0 aliphatic rings. The summed E-state index contributed by atoms with van der Waals surface area (Å²) < 4.78 is 7.12. The largest absolute Gasteiger partial charge is 0.462 e. The van der Waals surface area contributed by atoms with Crippen LogP contribution < -0.4 is 10.6 Å². The van der Waals surface area contributed by atoms with Crippen molar-refractivity contribution in [3.05, 3.63) is 33.0 Å². The lowest BCUT2D eigenvalue weighted by atomic mass is 10.3. The Kier molecular flexibility index (Phi) is 8.63. The smallest absolute Gasteiger partial charge is 0.350 e. The fraction of sp³-hybridized carbons (Fsp3) is 0.600. The van der Waals surface area contributed by atoms with Crippen molar-refractivity contribution < 1.29 is 9.53 Å². The first-order valence-corrected chi connectivity index (χ1v) is 10.9. The van der Waals surface area contributed by atoms with Crippen LogP contribution in [0.2, 0.25) is 0 Å². The first-order valence-electron chi connectivity index (χ1n) is 10.1. The average molecular weight is 421 g/mol. The van der Waals surface area contributed by atoms with Crippen molar-refractivity contribution in [3.8, 4) is 0 Å². The van der Waals surface area contributed by atoms with E-state index in [1.165, 1.54) is 17.0 Å². The lowest BCUT2D eigenvalue weighted by molar-refractivity contribution is 0.0531. The molecule has 1 atom stereocenters. The number of aromatic nitrogens is 3. The highest BCUT2D eigenvalue weighted by atomic mass is 32.1. The van der Waals surface area contributed by atoms with Crippen LogP contribution in [0, 0.1) is 20.8 Å². The Balaban J connectivity index is 1.96. The number of rotatable bonds is 9. The summed E-state index contributed by atoms with van der Waals surface area (Å²) in [6.45, 7) is 14.4. The van der Waals surface area contributed by atoms with Gasteiger partial charge in [-0.3, -0.25) is 9.67 Å². The fourth-order valence-corrected chi connectivity index (χ4v) is 3.85. The summed E-state index contributed by atoms with van der Waals surface area (Å²) >= 11 is 1.36. The van der Waals surface area contributed by atoms with Gasteiger partial charge in [0.1, 0.15) is 9.88 Å².